The molecule has 0 aliphatic heterocycles. The van der Waals surface area contributed by atoms with Crippen LogP contribution in [-0.2, 0) is 4.79 Å². The van der Waals surface area contributed by atoms with Crippen molar-refractivity contribution < 1.29 is 19.0 Å². The van der Waals surface area contributed by atoms with Crippen LogP contribution in [0.3, 0.4) is 0 Å². The Hall–Kier alpha value is -4.34. The summed E-state index contributed by atoms with van der Waals surface area (Å²) in [6.07, 6.45) is 2.58. The predicted octanol–water partition coefficient (Wildman–Crippen LogP) is 3.51. The quantitative estimate of drug-likeness (QED) is 0.445. The van der Waals surface area contributed by atoms with E-state index in [2.05, 4.69) is 37.5 Å². The standard InChI is InChI=1S/C21H22N6O4/c1-5-18(28)24-13-7-6-8-14(9-13)25-20-22-12-23-21(27-20)26-15-10-16(29-2)19(31-4)17(11-15)30-3/h5-12H,1H2,2-4H3,(H,24,28)(H2,22,23,25,26,27). The van der Waals surface area contributed by atoms with Crippen LogP contribution >= 0.6 is 0 Å². The summed E-state index contributed by atoms with van der Waals surface area (Å²) >= 11 is 0. The number of rotatable bonds is 9. The minimum Gasteiger partial charge on any atom is -0.493 e. The van der Waals surface area contributed by atoms with Crippen molar-refractivity contribution >= 4 is 34.9 Å². The highest BCUT2D eigenvalue weighted by Gasteiger charge is 2.14. The van der Waals surface area contributed by atoms with Gasteiger partial charge in [0.15, 0.2) is 11.5 Å². The van der Waals surface area contributed by atoms with E-state index in [4.69, 9.17) is 14.2 Å². The molecule has 2 aromatic carbocycles. The molecule has 3 aromatic rings. The van der Waals surface area contributed by atoms with E-state index in [-0.39, 0.29) is 5.91 Å². The average Bonchev–Trinajstić information content (AvgIpc) is 2.78. The number of anilines is 5. The largest absolute Gasteiger partial charge is 0.493 e. The fraction of sp³-hybridized carbons (Fsp3) is 0.143. The van der Waals surface area contributed by atoms with Gasteiger partial charge in [0, 0.05) is 29.2 Å². The highest BCUT2D eigenvalue weighted by atomic mass is 16.5. The van der Waals surface area contributed by atoms with E-state index in [1.165, 1.54) is 33.7 Å². The third kappa shape index (κ3) is 5.38. The summed E-state index contributed by atoms with van der Waals surface area (Å²) in [4.78, 5) is 24.1. The first-order chi connectivity index (χ1) is 15.1. The number of carbonyl (C=O) groups is 1. The van der Waals surface area contributed by atoms with E-state index < -0.39 is 0 Å². The van der Waals surface area contributed by atoms with Crippen molar-refractivity contribution in [1.82, 2.24) is 15.0 Å². The van der Waals surface area contributed by atoms with Crippen molar-refractivity contribution in [3.63, 3.8) is 0 Å². The van der Waals surface area contributed by atoms with E-state index in [1.807, 2.05) is 6.07 Å². The van der Waals surface area contributed by atoms with Gasteiger partial charge in [0.05, 0.1) is 21.3 Å². The Morgan fingerprint density at radius 1 is 0.903 bits per heavy atom. The highest BCUT2D eigenvalue weighted by Crippen LogP contribution is 2.40. The van der Waals surface area contributed by atoms with Crippen LogP contribution in [0.15, 0.2) is 55.4 Å². The maximum atomic E-state index is 11.5. The molecule has 0 unspecified atom stereocenters. The van der Waals surface area contributed by atoms with Crippen molar-refractivity contribution in [2.24, 2.45) is 0 Å². The van der Waals surface area contributed by atoms with Crippen molar-refractivity contribution in [2.75, 3.05) is 37.3 Å². The number of aromatic nitrogens is 3. The molecule has 1 aromatic heterocycles. The predicted molar refractivity (Wildman–Crippen MR) is 118 cm³/mol. The summed E-state index contributed by atoms with van der Waals surface area (Å²) in [5.41, 5.74) is 1.94. The van der Waals surface area contributed by atoms with E-state index in [0.29, 0.717) is 46.2 Å². The van der Waals surface area contributed by atoms with E-state index in [9.17, 15) is 4.79 Å². The molecule has 0 spiro atoms. The monoisotopic (exact) mass is 422 g/mol. The Bertz CT molecular complexity index is 1060. The lowest BCUT2D eigenvalue weighted by Crippen LogP contribution is -2.07. The third-order valence-electron chi connectivity index (χ3n) is 4.06. The Balaban J connectivity index is 1.79. The summed E-state index contributed by atoms with van der Waals surface area (Å²) in [6.45, 7) is 3.44. The zero-order valence-electron chi connectivity index (χ0n) is 17.3. The normalized spacial score (nSPS) is 10.0. The van der Waals surface area contributed by atoms with Crippen molar-refractivity contribution in [2.45, 2.75) is 0 Å². The van der Waals surface area contributed by atoms with Crippen molar-refractivity contribution in [3.05, 3.63) is 55.4 Å². The summed E-state index contributed by atoms with van der Waals surface area (Å²) in [7, 11) is 4.62. The highest BCUT2D eigenvalue weighted by molar-refractivity contribution is 5.99. The molecule has 0 saturated carbocycles. The van der Waals surface area contributed by atoms with E-state index in [0.717, 1.165) is 0 Å². The fourth-order valence-corrected chi connectivity index (χ4v) is 2.70. The number of nitrogens with one attached hydrogen (secondary N) is 3. The van der Waals surface area contributed by atoms with E-state index in [1.54, 1.807) is 30.3 Å². The second-order valence-corrected chi connectivity index (χ2v) is 6.07. The summed E-state index contributed by atoms with van der Waals surface area (Å²) < 4.78 is 16.0. The van der Waals surface area contributed by atoms with Gasteiger partial charge in [-0.05, 0) is 24.3 Å². The number of nitrogens with zero attached hydrogens (tertiary/aromatic N) is 3. The lowest BCUT2D eigenvalue weighted by atomic mass is 10.2. The molecule has 3 N–H and O–H groups in total. The average molecular weight is 422 g/mol. The van der Waals surface area contributed by atoms with Crippen molar-refractivity contribution in [3.8, 4) is 17.2 Å². The molecule has 0 bridgehead atoms. The first-order valence-electron chi connectivity index (χ1n) is 9.13. The Morgan fingerprint density at radius 2 is 1.52 bits per heavy atom. The van der Waals surface area contributed by atoms with Crippen LogP contribution < -0.4 is 30.2 Å². The van der Waals surface area contributed by atoms with Gasteiger partial charge in [-0.3, -0.25) is 4.79 Å². The summed E-state index contributed by atoms with van der Waals surface area (Å²) in [5, 5.41) is 8.86. The smallest absolute Gasteiger partial charge is 0.247 e. The Labute approximate surface area is 179 Å². The second kappa shape index (κ2) is 9.92. The van der Waals surface area contributed by atoms with E-state index >= 15 is 0 Å². The zero-order chi connectivity index (χ0) is 22.2. The molecule has 0 radical (unpaired) electrons. The molecule has 10 nitrogen and oxygen atoms in total. The molecule has 3 rings (SSSR count). The molecule has 1 amide bonds. The topological polar surface area (TPSA) is 120 Å². The van der Waals surface area contributed by atoms with Crippen LogP contribution in [0.1, 0.15) is 0 Å². The molecule has 0 aliphatic rings. The van der Waals surface area contributed by atoms with Gasteiger partial charge in [-0.1, -0.05) is 12.6 Å². The van der Waals surface area contributed by atoms with Gasteiger partial charge in [0.25, 0.3) is 0 Å². The zero-order valence-corrected chi connectivity index (χ0v) is 17.3. The van der Waals surface area contributed by atoms with Crippen LogP contribution in [0.2, 0.25) is 0 Å². The van der Waals surface area contributed by atoms with Gasteiger partial charge >= 0.3 is 0 Å². The first kappa shape index (κ1) is 21.4. The first-order valence-corrected chi connectivity index (χ1v) is 9.13. The van der Waals surface area contributed by atoms with Crippen LogP contribution in [0.25, 0.3) is 0 Å². The number of benzene rings is 2. The number of hydrogen-bond donors (Lipinski definition) is 3. The number of methoxy groups -OCH3 is 3. The number of ether oxygens (including phenoxy) is 3. The van der Waals surface area contributed by atoms with Gasteiger partial charge in [-0.25, -0.2) is 9.97 Å². The molecule has 31 heavy (non-hydrogen) atoms. The Kier molecular flexibility index (Phi) is 6.84. The van der Waals surface area contributed by atoms with Gasteiger partial charge in [0.2, 0.25) is 23.6 Å². The van der Waals surface area contributed by atoms with Crippen LogP contribution in [-0.4, -0.2) is 42.2 Å². The maximum absolute atomic E-state index is 11.5. The fourth-order valence-electron chi connectivity index (χ4n) is 2.70. The SMILES string of the molecule is C=CC(=O)Nc1cccc(Nc2ncnc(Nc3cc(OC)c(OC)c(OC)c3)n2)c1. The van der Waals surface area contributed by atoms with Gasteiger partial charge in [-0.2, -0.15) is 4.98 Å². The minimum atomic E-state index is -0.297. The number of carbonyl (C=O) groups excluding carboxylic acids is 1. The van der Waals surface area contributed by atoms with Crippen LogP contribution in [0, 0.1) is 0 Å². The lowest BCUT2D eigenvalue weighted by Gasteiger charge is -2.14. The van der Waals surface area contributed by atoms with Gasteiger partial charge in [0.1, 0.15) is 6.33 Å². The molecule has 0 aliphatic carbocycles. The van der Waals surface area contributed by atoms with Crippen LogP contribution in [0.5, 0.6) is 17.2 Å². The molecule has 1 heterocycles. The molecule has 160 valence electrons. The molecule has 0 saturated heterocycles. The third-order valence-corrected chi connectivity index (χ3v) is 4.06. The summed E-state index contributed by atoms with van der Waals surface area (Å²) in [6, 6.07) is 10.6. The maximum Gasteiger partial charge on any atom is 0.247 e. The second-order valence-electron chi connectivity index (χ2n) is 6.07. The molecule has 0 fully saturated rings. The van der Waals surface area contributed by atoms with Crippen LogP contribution in [0.4, 0.5) is 29.0 Å². The Morgan fingerprint density at radius 3 is 2.10 bits per heavy atom. The molecular formula is C21H22N6O4. The van der Waals surface area contributed by atoms with Gasteiger partial charge in [-0.15, -0.1) is 0 Å². The molecular weight excluding hydrogens is 400 g/mol. The van der Waals surface area contributed by atoms with Gasteiger partial charge < -0.3 is 30.2 Å². The minimum absolute atomic E-state index is 0.297. The van der Waals surface area contributed by atoms with Crippen molar-refractivity contribution in [1.29, 1.82) is 0 Å². The number of hydrogen-bond acceptors (Lipinski definition) is 9. The summed E-state index contributed by atoms with van der Waals surface area (Å²) in [5.74, 6) is 1.80. The molecule has 10 heteroatoms. The lowest BCUT2D eigenvalue weighted by molar-refractivity contribution is -0.111. The molecule has 0 atom stereocenters. The number of amides is 1.